The van der Waals surface area contributed by atoms with E-state index in [9.17, 15) is 20.4 Å². The smallest absolute Gasteiger partial charge is 0.162 e. The van der Waals surface area contributed by atoms with Crippen molar-refractivity contribution in [2.75, 3.05) is 66.8 Å². The van der Waals surface area contributed by atoms with E-state index in [1.54, 1.807) is 12.1 Å². The van der Waals surface area contributed by atoms with Gasteiger partial charge in [0, 0.05) is 50.4 Å². The first kappa shape index (κ1) is 26.5. The maximum absolute atomic E-state index is 11.2. The monoisotopic (exact) mass is 504 g/mol. The van der Waals surface area contributed by atoms with Gasteiger partial charge in [-0.3, -0.25) is 9.80 Å². The van der Waals surface area contributed by atoms with E-state index in [1.807, 2.05) is 0 Å². The number of ether oxygens (including phenoxy) is 4. The van der Waals surface area contributed by atoms with Crippen molar-refractivity contribution in [3.63, 3.8) is 0 Å². The fourth-order valence-electron chi connectivity index (χ4n) is 4.64. The molecule has 4 rings (SSSR count). The summed E-state index contributed by atoms with van der Waals surface area (Å²) in [5.41, 5.74) is 1.99. The van der Waals surface area contributed by atoms with E-state index in [1.165, 1.54) is 26.4 Å². The Hall–Kier alpha value is -2.60. The van der Waals surface area contributed by atoms with Gasteiger partial charge in [-0.25, -0.2) is 0 Å². The number of aliphatic hydroxyl groups is 2. The van der Waals surface area contributed by atoms with Crippen molar-refractivity contribution in [2.45, 2.75) is 25.3 Å². The van der Waals surface area contributed by atoms with Gasteiger partial charge in [0.1, 0.15) is 12.2 Å². The van der Waals surface area contributed by atoms with Crippen molar-refractivity contribution >= 4 is 0 Å². The lowest BCUT2D eigenvalue weighted by molar-refractivity contribution is 0.0164. The van der Waals surface area contributed by atoms with Crippen LogP contribution in [0, 0.1) is 0 Å². The van der Waals surface area contributed by atoms with Gasteiger partial charge in [0.25, 0.3) is 0 Å². The predicted molar refractivity (Wildman–Crippen MR) is 131 cm³/mol. The molecule has 4 N–H and O–H groups in total. The summed E-state index contributed by atoms with van der Waals surface area (Å²) in [4.78, 5) is 4.29. The maximum atomic E-state index is 11.2. The van der Waals surface area contributed by atoms with Crippen LogP contribution in [-0.4, -0.2) is 97.1 Å². The zero-order chi connectivity index (χ0) is 25.7. The molecule has 2 atom stereocenters. The molecule has 0 aliphatic carbocycles. The van der Waals surface area contributed by atoms with Crippen LogP contribution in [-0.2, 0) is 22.6 Å². The fraction of sp³-hybridized carbons (Fsp3) is 0.538. The Kier molecular flexibility index (Phi) is 8.89. The number of rotatable bonds is 9. The van der Waals surface area contributed by atoms with Crippen LogP contribution in [0.1, 0.15) is 34.5 Å². The van der Waals surface area contributed by atoms with Crippen LogP contribution in [0.2, 0.25) is 0 Å². The first-order valence-electron chi connectivity index (χ1n) is 12.2. The van der Waals surface area contributed by atoms with Crippen LogP contribution in [0.4, 0.5) is 0 Å². The average molecular weight is 505 g/mol. The van der Waals surface area contributed by atoms with Gasteiger partial charge in [-0.2, -0.15) is 0 Å². The van der Waals surface area contributed by atoms with Gasteiger partial charge < -0.3 is 39.4 Å². The Morgan fingerprint density at radius 3 is 1.39 bits per heavy atom. The highest BCUT2D eigenvalue weighted by atomic mass is 16.5. The van der Waals surface area contributed by atoms with E-state index >= 15 is 0 Å². The van der Waals surface area contributed by atoms with E-state index < -0.39 is 12.2 Å². The molecule has 2 aliphatic heterocycles. The van der Waals surface area contributed by atoms with E-state index in [2.05, 4.69) is 9.80 Å². The minimum absolute atomic E-state index is 0.00790. The van der Waals surface area contributed by atoms with E-state index in [4.69, 9.17) is 18.9 Å². The fourth-order valence-corrected chi connectivity index (χ4v) is 4.64. The van der Waals surface area contributed by atoms with E-state index in [0.717, 1.165) is 26.2 Å². The third kappa shape index (κ3) is 6.03. The number of nitrogens with zero attached hydrogens (tertiary/aromatic N) is 2. The molecular formula is C26H36N2O8. The highest BCUT2D eigenvalue weighted by Gasteiger charge is 2.26. The molecule has 0 spiro atoms. The molecule has 0 bridgehead atoms. The Morgan fingerprint density at radius 1 is 0.694 bits per heavy atom. The first-order chi connectivity index (χ1) is 17.4. The SMILES string of the molecule is COc1cc([C@H](O)[C@@H](O)c2cc(CN3CCOCC3)c(O)c(OC)c2)cc(CN2CCOCC2)c1O. The van der Waals surface area contributed by atoms with Gasteiger partial charge in [0.15, 0.2) is 23.0 Å². The molecule has 0 radical (unpaired) electrons. The van der Waals surface area contributed by atoms with Crippen molar-refractivity contribution in [3.05, 3.63) is 46.5 Å². The number of hydrogen-bond donors (Lipinski definition) is 4. The summed E-state index contributed by atoms with van der Waals surface area (Å²) in [5, 5.41) is 43.7. The van der Waals surface area contributed by atoms with Crippen molar-refractivity contribution < 1.29 is 39.4 Å². The second-order valence-corrected chi connectivity index (χ2v) is 9.13. The highest BCUT2D eigenvalue weighted by molar-refractivity contribution is 5.51. The van der Waals surface area contributed by atoms with Crippen LogP contribution in [0.15, 0.2) is 24.3 Å². The number of phenolic OH excluding ortho intramolecular Hbond substituents is 2. The normalized spacial score (nSPS) is 19.1. The third-order valence-electron chi connectivity index (χ3n) is 6.77. The van der Waals surface area contributed by atoms with Gasteiger partial charge in [-0.05, 0) is 35.4 Å². The van der Waals surface area contributed by atoms with Crippen LogP contribution in [0.3, 0.4) is 0 Å². The Balaban J connectivity index is 1.61. The molecular weight excluding hydrogens is 468 g/mol. The van der Waals surface area contributed by atoms with Gasteiger partial charge in [-0.15, -0.1) is 0 Å². The van der Waals surface area contributed by atoms with Gasteiger partial charge >= 0.3 is 0 Å². The van der Waals surface area contributed by atoms with Gasteiger partial charge in [0.2, 0.25) is 0 Å². The predicted octanol–water partition coefficient (Wildman–Crippen LogP) is 1.55. The maximum Gasteiger partial charge on any atom is 0.162 e. The molecule has 10 heteroatoms. The van der Waals surface area contributed by atoms with Gasteiger partial charge in [-0.1, -0.05) is 0 Å². The summed E-state index contributed by atoms with van der Waals surface area (Å²) in [7, 11) is 2.89. The molecule has 2 aromatic rings. The molecule has 2 fully saturated rings. The van der Waals surface area contributed by atoms with Crippen LogP contribution in [0.25, 0.3) is 0 Å². The number of methoxy groups -OCH3 is 2. The summed E-state index contributed by atoms with van der Waals surface area (Å²) in [6.45, 7) is 6.32. The Morgan fingerprint density at radius 2 is 1.06 bits per heavy atom. The molecule has 0 saturated carbocycles. The number of aliphatic hydroxyl groups excluding tert-OH is 2. The molecule has 0 aromatic heterocycles. The van der Waals surface area contributed by atoms with Crippen LogP contribution >= 0.6 is 0 Å². The molecule has 198 valence electrons. The number of hydrogen-bond acceptors (Lipinski definition) is 10. The number of benzene rings is 2. The first-order valence-corrected chi connectivity index (χ1v) is 12.2. The van der Waals surface area contributed by atoms with Crippen molar-refractivity contribution in [1.29, 1.82) is 0 Å². The Labute approximate surface area is 211 Å². The molecule has 10 nitrogen and oxygen atoms in total. The quantitative estimate of drug-likeness (QED) is 0.400. The van der Waals surface area contributed by atoms with Crippen LogP contribution in [0.5, 0.6) is 23.0 Å². The summed E-state index contributed by atoms with van der Waals surface area (Å²) >= 11 is 0. The number of morpholine rings is 2. The highest BCUT2D eigenvalue weighted by Crippen LogP contribution is 2.40. The minimum Gasteiger partial charge on any atom is -0.504 e. The molecule has 0 unspecified atom stereocenters. The summed E-state index contributed by atoms with van der Waals surface area (Å²) in [6, 6.07) is 6.43. The average Bonchev–Trinajstić information content (AvgIpc) is 2.91. The second-order valence-electron chi connectivity index (χ2n) is 9.13. The zero-order valence-electron chi connectivity index (χ0n) is 20.9. The molecule has 2 saturated heterocycles. The molecule has 0 amide bonds. The zero-order valence-corrected chi connectivity index (χ0v) is 20.9. The second kappa shape index (κ2) is 12.1. The molecule has 36 heavy (non-hydrogen) atoms. The minimum atomic E-state index is -1.31. The molecule has 2 aromatic carbocycles. The van der Waals surface area contributed by atoms with Crippen molar-refractivity contribution in [1.82, 2.24) is 9.80 Å². The lowest BCUT2D eigenvalue weighted by atomic mass is 9.94. The largest absolute Gasteiger partial charge is 0.504 e. The van der Waals surface area contributed by atoms with E-state index in [0.29, 0.717) is 61.8 Å². The summed E-state index contributed by atoms with van der Waals surface area (Å²) in [6.07, 6.45) is -2.62. The van der Waals surface area contributed by atoms with Crippen molar-refractivity contribution in [3.8, 4) is 23.0 Å². The topological polar surface area (TPSA) is 124 Å². The molecule has 2 aliphatic rings. The number of aromatic hydroxyl groups is 2. The lowest BCUT2D eigenvalue weighted by Gasteiger charge is -2.28. The van der Waals surface area contributed by atoms with Gasteiger partial charge in [0.05, 0.1) is 40.6 Å². The standard InChI is InChI=1S/C26H36N2O8/c1-33-21-13-17(11-19(23(21)29)15-27-3-7-35-8-4-27)25(31)26(32)18-12-20(24(30)22(14-18)34-2)16-28-5-9-36-10-6-28/h11-14,25-26,29-32H,3-10,15-16H2,1-2H3/t25-,26-/m0/s1. The van der Waals surface area contributed by atoms with Crippen LogP contribution < -0.4 is 9.47 Å². The summed E-state index contributed by atoms with van der Waals surface area (Å²) < 4.78 is 21.5. The van der Waals surface area contributed by atoms with E-state index in [-0.39, 0.29) is 23.0 Å². The summed E-state index contributed by atoms with van der Waals surface area (Å²) in [5.74, 6) is 0.457. The molecule has 2 heterocycles. The van der Waals surface area contributed by atoms with Crippen molar-refractivity contribution in [2.24, 2.45) is 0 Å². The number of phenols is 2. The lowest BCUT2D eigenvalue weighted by Crippen LogP contribution is -2.35. The Bertz CT molecular complexity index is 940. The third-order valence-corrected chi connectivity index (χ3v) is 6.77.